The minimum atomic E-state index is -0.908. The van der Waals surface area contributed by atoms with E-state index in [1.807, 2.05) is 0 Å². The summed E-state index contributed by atoms with van der Waals surface area (Å²) in [6.45, 7) is 0. The third kappa shape index (κ3) is 2.98. The first-order chi connectivity index (χ1) is 7.00. The number of carbonyl (C=O) groups excluding carboxylic acids is 1. The molecule has 0 atom stereocenters. The van der Waals surface area contributed by atoms with Crippen LogP contribution in [0.25, 0.3) is 0 Å². The number of hydrogen-bond acceptors (Lipinski definition) is 2. The Balaban J connectivity index is 2.92. The second-order valence-electron chi connectivity index (χ2n) is 3.14. The predicted molar refractivity (Wildman–Crippen MR) is 55.8 cm³/mol. The van der Waals surface area contributed by atoms with E-state index in [-0.39, 0.29) is 6.42 Å². The van der Waals surface area contributed by atoms with Crippen molar-refractivity contribution in [3.63, 3.8) is 0 Å². The SMILES string of the molecule is CN(C(N)=O)c1cccc(CC(=O)O)c1. The van der Waals surface area contributed by atoms with Gasteiger partial charge in [-0.3, -0.25) is 9.69 Å². The van der Waals surface area contributed by atoms with Gasteiger partial charge in [-0.15, -0.1) is 0 Å². The van der Waals surface area contributed by atoms with E-state index in [1.165, 1.54) is 11.9 Å². The fourth-order valence-electron chi connectivity index (χ4n) is 1.18. The molecule has 1 rings (SSSR count). The molecule has 1 aromatic carbocycles. The highest BCUT2D eigenvalue weighted by atomic mass is 16.4. The van der Waals surface area contributed by atoms with Crippen molar-refractivity contribution in [2.24, 2.45) is 5.73 Å². The highest BCUT2D eigenvalue weighted by molar-refractivity contribution is 5.90. The number of nitrogens with two attached hydrogens (primary N) is 1. The molecule has 80 valence electrons. The van der Waals surface area contributed by atoms with Crippen LogP contribution in [0, 0.1) is 0 Å². The number of amides is 2. The quantitative estimate of drug-likeness (QED) is 0.771. The Bertz CT molecular complexity index is 390. The summed E-state index contributed by atoms with van der Waals surface area (Å²) in [5.41, 5.74) is 6.31. The van der Waals surface area contributed by atoms with E-state index in [1.54, 1.807) is 24.3 Å². The number of hydrogen-bond donors (Lipinski definition) is 2. The van der Waals surface area contributed by atoms with E-state index in [0.29, 0.717) is 11.3 Å². The molecule has 0 aromatic heterocycles. The van der Waals surface area contributed by atoms with Crippen LogP contribution in [0.1, 0.15) is 5.56 Å². The van der Waals surface area contributed by atoms with Crippen molar-refractivity contribution in [3.8, 4) is 0 Å². The Kier molecular flexibility index (Phi) is 3.28. The molecule has 0 saturated carbocycles. The van der Waals surface area contributed by atoms with Gasteiger partial charge < -0.3 is 10.8 Å². The summed E-state index contributed by atoms with van der Waals surface area (Å²) in [5, 5.41) is 8.60. The van der Waals surface area contributed by atoms with Crippen LogP contribution in [0.4, 0.5) is 10.5 Å². The van der Waals surface area contributed by atoms with Gasteiger partial charge in [0.25, 0.3) is 0 Å². The Morgan fingerprint density at radius 3 is 2.67 bits per heavy atom. The minimum absolute atomic E-state index is 0.0690. The Morgan fingerprint density at radius 2 is 2.13 bits per heavy atom. The number of anilines is 1. The summed E-state index contributed by atoms with van der Waals surface area (Å²) in [6, 6.07) is 6.11. The zero-order valence-electron chi connectivity index (χ0n) is 8.30. The lowest BCUT2D eigenvalue weighted by Crippen LogP contribution is -2.31. The molecular formula is C10H12N2O3. The zero-order valence-corrected chi connectivity index (χ0v) is 8.30. The van der Waals surface area contributed by atoms with Crippen LogP contribution < -0.4 is 10.6 Å². The fraction of sp³-hybridized carbons (Fsp3) is 0.200. The summed E-state index contributed by atoms with van der Waals surface area (Å²) in [4.78, 5) is 22.6. The number of carboxylic acid groups (broad SMARTS) is 1. The topological polar surface area (TPSA) is 83.6 Å². The number of aliphatic carboxylic acids is 1. The van der Waals surface area contributed by atoms with Gasteiger partial charge >= 0.3 is 12.0 Å². The van der Waals surface area contributed by atoms with Crippen LogP contribution in [-0.2, 0) is 11.2 Å². The summed E-state index contributed by atoms with van der Waals surface area (Å²) < 4.78 is 0. The largest absolute Gasteiger partial charge is 0.481 e. The monoisotopic (exact) mass is 208 g/mol. The van der Waals surface area contributed by atoms with E-state index in [2.05, 4.69) is 0 Å². The van der Waals surface area contributed by atoms with Gasteiger partial charge in [-0.25, -0.2) is 4.79 Å². The first-order valence-electron chi connectivity index (χ1n) is 4.34. The van der Waals surface area contributed by atoms with Crippen LogP contribution in [0.3, 0.4) is 0 Å². The molecule has 5 heteroatoms. The molecule has 0 saturated heterocycles. The zero-order chi connectivity index (χ0) is 11.4. The van der Waals surface area contributed by atoms with Crippen molar-refractivity contribution in [1.29, 1.82) is 0 Å². The Labute approximate surface area is 87.1 Å². The number of primary amides is 1. The molecule has 1 aromatic rings. The fourth-order valence-corrected chi connectivity index (χ4v) is 1.18. The lowest BCUT2D eigenvalue weighted by Gasteiger charge is -2.14. The van der Waals surface area contributed by atoms with Crippen molar-refractivity contribution in [3.05, 3.63) is 29.8 Å². The normalized spacial score (nSPS) is 9.67. The number of rotatable bonds is 3. The van der Waals surface area contributed by atoms with Crippen molar-refractivity contribution >= 4 is 17.7 Å². The summed E-state index contributed by atoms with van der Waals surface area (Å²) in [7, 11) is 1.53. The summed E-state index contributed by atoms with van der Waals surface area (Å²) in [6.07, 6.45) is -0.0690. The van der Waals surface area contributed by atoms with E-state index < -0.39 is 12.0 Å². The maximum Gasteiger partial charge on any atom is 0.318 e. The van der Waals surface area contributed by atoms with Gasteiger partial charge in [0.2, 0.25) is 0 Å². The number of carboxylic acids is 1. The van der Waals surface area contributed by atoms with Crippen LogP contribution >= 0.6 is 0 Å². The molecular weight excluding hydrogens is 196 g/mol. The molecule has 0 aliphatic rings. The molecule has 15 heavy (non-hydrogen) atoms. The van der Waals surface area contributed by atoms with Gasteiger partial charge in [0, 0.05) is 12.7 Å². The molecule has 3 N–H and O–H groups in total. The number of urea groups is 1. The van der Waals surface area contributed by atoms with Gasteiger partial charge in [0.1, 0.15) is 0 Å². The molecule has 0 unspecified atom stereocenters. The van der Waals surface area contributed by atoms with Crippen LogP contribution in [0.15, 0.2) is 24.3 Å². The molecule has 0 radical (unpaired) electrons. The van der Waals surface area contributed by atoms with Crippen molar-refractivity contribution in [2.75, 3.05) is 11.9 Å². The number of benzene rings is 1. The van der Waals surface area contributed by atoms with Gasteiger partial charge in [-0.2, -0.15) is 0 Å². The molecule has 5 nitrogen and oxygen atoms in total. The minimum Gasteiger partial charge on any atom is -0.481 e. The van der Waals surface area contributed by atoms with Crippen molar-refractivity contribution in [1.82, 2.24) is 0 Å². The van der Waals surface area contributed by atoms with Gasteiger partial charge in [-0.1, -0.05) is 12.1 Å². The van der Waals surface area contributed by atoms with Crippen LogP contribution in [-0.4, -0.2) is 24.2 Å². The molecule has 0 aliphatic heterocycles. The highest BCUT2D eigenvalue weighted by Crippen LogP contribution is 2.14. The van der Waals surface area contributed by atoms with E-state index in [0.717, 1.165) is 0 Å². The van der Waals surface area contributed by atoms with Gasteiger partial charge in [-0.05, 0) is 17.7 Å². The van der Waals surface area contributed by atoms with Crippen molar-refractivity contribution < 1.29 is 14.7 Å². The van der Waals surface area contributed by atoms with E-state index in [9.17, 15) is 9.59 Å². The average molecular weight is 208 g/mol. The van der Waals surface area contributed by atoms with Crippen LogP contribution in [0.5, 0.6) is 0 Å². The third-order valence-corrected chi connectivity index (χ3v) is 1.98. The van der Waals surface area contributed by atoms with Gasteiger partial charge in [0.05, 0.1) is 6.42 Å². The number of nitrogens with zero attached hydrogens (tertiary/aromatic N) is 1. The Hall–Kier alpha value is -2.04. The first-order valence-corrected chi connectivity index (χ1v) is 4.34. The standard InChI is InChI=1S/C10H12N2O3/c1-12(10(11)15)8-4-2-3-7(5-8)6-9(13)14/h2-5H,6H2,1H3,(H2,11,15)(H,13,14). The summed E-state index contributed by atoms with van der Waals surface area (Å²) >= 11 is 0. The van der Waals surface area contributed by atoms with E-state index >= 15 is 0 Å². The number of carbonyl (C=O) groups is 2. The van der Waals surface area contributed by atoms with E-state index in [4.69, 9.17) is 10.8 Å². The maximum absolute atomic E-state index is 10.9. The Morgan fingerprint density at radius 1 is 1.47 bits per heavy atom. The second-order valence-corrected chi connectivity index (χ2v) is 3.14. The molecule has 0 bridgehead atoms. The third-order valence-electron chi connectivity index (χ3n) is 1.98. The maximum atomic E-state index is 10.9. The highest BCUT2D eigenvalue weighted by Gasteiger charge is 2.07. The molecule has 0 heterocycles. The second kappa shape index (κ2) is 4.45. The van der Waals surface area contributed by atoms with Crippen molar-refractivity contribution in [2.45, 2.75) is 6.42 Å². The van der Waals surface area contributed by atoms with Gasteiger partial charge in [0.15, 0.2) is 0 Å². The lowest BCUT2D eigenvalue weighted by molar-refractivity contribution is -0.136. The molecule has 0 fully saturated rings. The first kappa shape index (κ1) is 11.0. The van der Waals surface area contributed by atoms with Crippen LogP contribution in [0.2, 0.25) is 0 Å². The summed E-state index contributed by atoms with van der Waals surface area (Å²) in [5.74, 6) is -0.908. The average Bonchev–Trinajstić information content (AvgIpc) is 2.16. The molecule has 2 amide bonds. The predicted octanol–water partition coefficient (Wildman–Crippen LogP) is 0.829. The lowest BCUT2D eigenvalue weighted by atomic mass is 10.1. The molecule has 0 aliphatic carbocycles. The smallest absolute Gasteiger partial charge is 0.318 e. The molecule has 0 spiro atoms.